The number of hydrogen-bond donors (Lipinski definition) is 0. The average Bonchev–Trinajstić information content (AvgIpc) is 2.83. The number of benzene rings is 1. The molecule has 2 atom stereocenters. The fourth-order valence-corrected chi connectivity index (χ4v) is 7.51. The molecule has 8 nitrogen and oxygen atoms in total. The summed E-state index contributed by atoms with van der Waals surface area (Å²) >= 11 is 0. The lowest BCUT2D eigenvalue weighted by molar-refractivity contribution is 0.0142. The van der Waals surface area contributed by atoms with Crippen LogP contribution in [-0.4, -0.2) is 102 Å². The van der Waals surface area contributed by atoms with Gasteiger partial charge in [0.15, 0.2) is 9.84 Å². The second-order valence-electron chi connectivity index (χ2n) is 10.0. The number of piperidine rings is 2. The molecule has 3 fully saturated rings. The van der Waals surface area contributed by atoms with Crippen molar-refractivity contribution < 1.29 is 21.6 Å². The molecule has 4 rings (SSSR count). The number of nitrogens with zero attached hydrogens (tertiary/aromatic N) is 3. The molecule has 3 aliphatic rings. The average molecular weight is 514 g/mol. The number of hydrogen-bond acceptors (Lipinski definition) is 7. The van der Waals surface area contributed by atoms with Crippen LogP contribution in [0.5, 0.6) is 0 Å². The Hall–Kier alpha value is -1.04. The van der Waals surface area contributed by atoms with E-state index in [-0.39, 0.29) is 15.8 Å². The van der Waals surface area contributed by atoms with Crippen molar-refractivity contribution in [2.24, 2.45) is 5.92 Å². The van der Waals surface area contributed by atoms with Crippen LogP contribution in [0, 0.1) is 5.92 Å². The number of rotatable bonds is 9. The number of fused-ring (bicyclic) bond motifs is 1. The van der Waals surface area contributed by atoms with Gasteiger partial charge in [-0.1, -0.05) is 6.42 Å². The van der Waals surface area contributed by atoms with Gasteiger partial charge in [-0.3, -0.25) is 4.90 Å². The number of likely N-dealkylation sites (tertiary alicyclic amines) is 1. The van der Waals surface area contributed by atoms with Crippen molar-refractivity contribution in [3.8, 4) is 0 Å². The highest BCUT2D eigenvalue weighted by atomic mass is 32.2. The van der Waals surface area contributed by atoms with Crippen molar-refractivity contribution in [2.75, 3.05) is 65.3 Å². The lowest BCUT2D eigenvalue weighted by atomic mass is 9.92. The molecule has 34 heavy (non-hydrogen) atoms. The van der Waals surface area contributed by atoms with Crippen LogP contribution in [0.3, 0.4) is 0 Å². The molecule has 3 saturated heterocycles. The van der Waals surface area contributed by atoms with Gasteiger partial charge in [0.1, 0.15) is 0 Å². The van der Waals surface area contributed by atoms with E-state index in [1.165, 1.54) is 56.6 Å². The second kappa shape index (κ2) is 11.3. The van der Waals surface area contributed by atoms with Crippen molar-refractivity contribution >= 4 is 19.9 Å². The predicted octanol–water partition coefficient (Wildman–Crippen LogP) is 2.07. The van der Waals surface area contributed by atoms with Gasteiger partial charge in [0.2, 0.25) is 10.0 Å². The van der Waals surface area contributed by atoms with Gasteiger partial charge in [-0.2, -0.15) is 4.31 Å². The van der Waals surface area contributed by atoms with E-state index in [0.29, 0.717) is 19.0 Å². The van der Waals surface area contributed by atoms with E-state index in [1.54, 1.807) is 4.31 Å². The van der Waals surface area contributed by atoms with Gasteiger partial charge in [-0.15, -0.1) is 0 Å². The third-order valence-corrected chi connectivity index (χ3v) is 10.4. The predicted molar refractivity (Wildman–Crippen MR) is 132 cm³/mol. The molecule has 1 aromatic carbocycles. The zero-order chi connectivity index (χ0) is 24.2. The van der Waals surface area contributed by atoms with Gasteiger partial charge < -0.3 is 9.64 Å². The van der Waals surface area contributed by atoms with Crippen molar-refractivity contribution in [3.05, 3.63) is 24.3 Å². The number of sulfonamides is 1. The maximum Gasteiger partial charge on any atom is 0.243 e. The summed E-state index contributed by atoms with van der Waals surface area (Å²) in [4.78, 5) is 5.25. The first-order valence-corrected chi connectivity index (χ1v) is 15.9. The van der Waals surface area contributed by atoms with Crippen molar-refractivity contribution in [1.82, 2.24) is 14.1 Å². The molecule has 0 radical (unpaired) electrons. The summed E-state index contributed by atoms with van der Waals surface area (Å²) in [6.07, 6.45) is 8.27. The summed E-state index contributed by atoms with van der Waals surface area (Å²) in [5, 5.41) is 0. The summed E-state index contributed by atoms with van der Waals surface area (Å²) in [6, 6.07) is 5.77. The van der Waals surface area contributed by atoms with E-state index < -0.39 is 19.9 Å². The fraction of sp³-hybridized carbons (Fsp3) is 0.750. The zero-order valence-corrected chi connectivity index (χ0v) is 21.9. The van der Waals surface area contributed by atoms with Gasteiger partial charge in [0.05, 0.1) is 16.4 Å². The van der Waals surface area contributed by atoms with Crippen LogP contribution in [0.4, 0.5) is 0 Å². The molecule has 2 unspecified atom stereocenters. The van der Waals surface area contributed by atoms with Gasteiger partial charge >= 0.3 is 0 Å². The standard InChI is InChI=1S/C24H39N3O5S2/c1-33(28,29)23-8-10-24(11-9-23)34(30,31)27-16-15-26-18-21(6-7-22(26)19-27)20-32-17-5-14-25-12-3-2-4-13-25/h8-11,21-22H,2-7,12-20H2,1H3. The van der Waals surface area contributed by atoms with E-state index in [9.17, 15) is 16.8 Å². The third-order valence-electron chi connectivity index (χ3n) is 7.42. The van der Waals surface area contributed by atoms with Crippen LogP contribution in [-0.2, 0) is 24.6 Å². The minimum atomic E-state index is -3.64. The van der Waals surface area contributed by atoms with Crippen LogP contribution in [0.25, 0.3) is 0 Å². The third kappa shape index (κ3) is 6.59. The Morgan fingerprint density at radius 2 is 1.59 bits per heavy atom. The summed E-state index contributed by atoms with van der Waals surface area (Å²) in [5.41, 5.74) is 0. The molecule has 10 heteroatoms. The molecular formula is C24H39N3O5S2. The summed E-state index contributed by atoms with van der Waals surface area (Å²) < 4.78 is 57.2. The van der Waals surface area contributed by atoms with E-state index >= 15 is 0 Å². The molecule has 0 saturated carbocycles. The summed E-state index contributed by atoms with van der Waals surface area (Å²) in [7, 11) is -6.99. The van der Waals surface area contributed by atoms with Crippen molar-refractivity contribution in [3.63, 3.8) is 0 Å². The molecule has 0 aliphatic carbocycles. The molecule has 0 spiro atoms. The number of piperazine rings is 1. The van der Waals surface area contributed by atoms with Gasteiger partial charge in [-0.25, -0.2) is 16.8 Å². The molecule has 3 heterocycles. The Balaban J connectivity index is 1.21. The fourth-order valence-electron chi connectivity index (χ4n) is 5.42. The SMILES string of the molecule is CS(=O)(=O)c1ccc(S(=O)(=O)N2CCN3CC(COCCCN4CCCCC4)CCC3C2)cc1. The largest absolute Gasteiger partial charge is 0.381 e. The first-order chi connectivity index (χ1) is 16.2. The van der Waals surface area contributed by atoms with E-state index in [0.717, 1.165) is 58.4 Å². The highest BCUT2D eigenvalue weighted by Crippen LogP contribution is 2.28. The summed E-state index contributed by atoms with van der Waals surface area (Å²) in [5.74, 6) is 0.512. The number of sulfone groups is 1. The van der Waals surface area contributed by atoms with Gasteiger partial charge in [0.25, 0.3) is 0 Å². The second-order valence-corrected chi connectivity index (χ2v) is 14.0. The molecule has 0 bridgehead atoms. The smallest absolute Gasteiger partial charge is 0.243 e. The zero-order valence-electron chi connectivity index (χ0n) is 20.3. The van der Waals surface area contributed by atoms with Crippen LogP contribution in [0.1, 0.15) is 38.5 Å². The monoisotopic (exact) mass is 513 g/mol. The Morgan fingerprint density at radius 1 is 0.882 bits per heavy atom. The Labute approximate surface area is 205 Å². The molecule has 192 valence electrons. The van der Waals surface area contributed by atoms with E-state index in [4.69, 9.17) is 4.74 Å². The maximum atomic E-state index is 13.1. The lowest BCUT2D eigenvalue weighted by Crippen LogP contribution is -2.57. The summed E-state index contributed by atoms with van der Waals surface area (Å²) in [6.45, 7) is 7.84. The normalized spacial score (nSPS) is 25.8. The van der Waals surface area contributed by atoms with Gasteiger partial charge in [0, 0.05) is 51.6 Å². The van der Waals surface area contributed by atoms with Crippen LogP contribution in [0.2, 0.25) is 0 Å². The Kier molecular flexibility index (Phi) is 8.69. The Bertz CT molecular complexity index is 1010. The highest BCUT2D eigenvalue weighted by molar-refractivity contribution is 7.90. The molecule has 0 amide bonds. The van der Waals surface area contributed by atoms with E-state index in [2.05, 4.69) is 9.80 Å². The molecule has 3 aliphatic heterocycles. The highest BCUT2D eigenvalue weighted by Gasteiger charge is 2.37. The quantitative estimate of drug-likeness (QED) is 0.467. The van der Waals surface area contributed by atoms with Crippen molar-refractivity contribution in [2.45, 2.75) is 54.4 Å². The van der Waals surface area contributed by atoms with Crippen LogP contribution in [0.15, 0.2) is 34.1 Å². The first kappa shape index (κ1) is 26.0. The molecule has 0 N–H and O–H groups in total. The van der Waals surface area contributed by atoms with Crippen molar-refractivity contribution in [1.29, 1.82) is 0 Å². The van der Waals surface area contributed by atoms with Crippen LogP contribution >= 0.6 is 0 Å². The maximum absolute atomic E-state index is 13.1. The minimum Gasteiger partial charge on any atom is -0.381 e. The first-order valence-electron chi connectivity index (χ1n) is 12.6. The van der Waals surface area contributed by atoms with Gasteiger partial charge in [-0.05, 0) is 75.4 Å². The molecule has 1 aromatic rings. The minimum absolute atomic E-state index is 0.128. The molecular weight excluding hydrogens is 474 g/mol. The Morgan fingerprint density at radius 3 is 2.29 bits per heavy atom. The molecule has 0 aromatic heterocycles. The number of ether oxygens (including phenoxy) is 1. The van der Waals surface area contributed by atoms with E-state index in [1.807, 2.05) is 0 Å². The lowest BCUT2D eigenvalue weighted by Gasteiger charge is -2.45. The topological polar surface area (TPSA) is 87.2 Å². The van der Waals surface area contributed by atoms with Crippen LogP contribution < -0.4 is 0 Å².